The maximum Gasteiger partial charge on any atom is 0.307 e. The highest BCUT2D eigenvalue weighted by Crippen LogP contribution is 2.49. The fraction of sp³-hybridized carbons (Fsp3) is 0.423. The van der Waals surface area contributed by atoms with E-state index in [1.54, 1.807) is 0 Å². The Bertz CT molecular complexity index is 1150. The minimum Gasteiger partial charge on any atom is -0.481 e. The molecule has 2 bridgehead atoms. The molecule has 3 aliphatic rings. The number of carboxylic acids is 1. The van der Waals surface area contributed by atoms with Gasteiger partial charge in [0.2, 0.25) is 5.91 Å². The van der Waals surface area contributed by atoms with Crippen LogP contribution < -0.4 is 10.6 Å². The molecular weight excluding hydrogens is 436 g/mol. The van der Waals surface area contributed by atoms with Gasteiger partial charge in [0.1, 0.15) is 5.00 Å². The van der Waals surface area contributed by atoms with Crippen molar-refractivity contribution >= 4 is 39.8 Å². The molecule has 5 rings (SSSR count). The highest BCUT2D eigenvalue weighted by molar-refractivity contribution is 7.17. The third-order valence-corrected chi connectivity index (χ3v) is 8.42. The number of carboxylic acid groups (broad SMARTS) is 1. The topological polar surface area (TPSA) is 95.5 Å². The van der Waals surface area contributed by atoms with Crippen molar-refractivity contribution in [1.29, 1.82) is 0 Å². The number of aliphatic carboxylic acids is 1. The lowest BCUT2D eigenvalue weighted by Crippen LogP contribution is -2.36. The van der Waals surface area contributed by atoms with Gasteiger partial charge in [-0.3, -0.25) is 14.4 Å². The monoisotopic (exact) mass is 464 g/mol. The highest BCUT2D eigenvalue weighted by Gasteiger charge is 2.51. The van der Waals surface area contributed by atoms with Crippen LogP contribution in [0.2, 0.25) is 0 Å². The Hall–Kier alpha value is -2.93. The van der Waals surface area contributed by atoms with Crippen molar-refractivity contribution in [1.82, 2.24) is 0 Å². The van der Waals surface area contributed by atoms with Crippen LogP contribution in [0.5, 0.6) is 0 Å². The van der Waals surface area contributed by atoms with Gasteiger partial charge in [-0.2, -0.15) is 0 Å². The second-order valence-corrected chi connectivity index (χ2v) is 10.5. The van der Waals surface area contributed by atoms with Crippen LogP contribution in [-0.4, -0.2) is 22.9 Å². The Morgan fingerprint density at radius 3 is 2.52 bits per heavy atom. The van der Waals surface area contributed by atoms with E-state index in [0.717, 1.165) is 53.8 Å². The molecule has 6 nitrogen and oxygen atoms in total. The Kier molecular flexibility index (Phi) is 5.83. The molecule has 0 saturated heterocycles. The molecule has 1 fully saturated rings. The summed E-state index contributed by atoms with van der Waals surface area (Å²) >= 11 is 1.48. The first-order chi connectivity index (χ1) is 15.9. The lowest BCUT2D eigenvalue weighted by Gasteiger charge is -2.23. The van der Waals surface area contributed by atoms with Gasteiger partial charge in [-0.15, -0.1) is 11.3 Å². The molecular formula is C26H28N2O4S. The zero-order chi connectivity index (χ0) is 23.1. The summed E-state index contributed by atoms with van der Waals surface area (Å²) in [6.07, 6.45) is 9.53. The molecule has 0 aliphatic heterocycles. The number of hydrogen-bond acceptors (Lipinski definition) is 4. The molecule has 1 aromatic carbocycles. The van der Waals surface area contributed by atoms with Gasteiger partial charge in [-0.1, -0.05) is 30.7 Å². The van der Waals surface area contributed by atoms with Gasteiger partial charge in [-0.25, -0.2) is 0 Å². The van der Waals surface area contributed by atoms with E-state index in [0.29, 0.717) is 17.0 Å². The van der Waals surface area contributed by atoms with Gasteiger partial charge in [0.15, 0.2) is 0 Å². The molecule has 0 spiro atoms. The largest absolute Gasteiger partial charge is 0.481 e. The Morgan fingerprint density at radius 1 is 1.00 bits per heavy atom. The number of aryl methyl sites for hydroxylation is 2. The summed E-state index contributed by atoms with van der Waals surface area (Å²) in [7, 11) is 0. The van der Waals surface area contributed by atoms with Gasteiger partial charge in [0.05, 0.1) is 17.4 Å². The number of amides is 2. The quantitative estimate of drug-likeness (QED) is 0.427. The lowest BCUT2D eigenvalue weighted by atomic mass is 9.82. The second-order valence-electron chi connectivity index (χ2n) is 9.42. The first-order valence-corrected chi connectivity index (χ1v) is 12.5. The average molecular weight is 465 g/mol. The Labute approximate surface area is 197 Å². The van der Waals surface area contributed by atoms with E-state index in [-0.39, 0.29) is 23.7 Å². The number of thiophene rings is 1. The van der Waals surface area contributed by atoms with Crippen molar-refractivity contribution in [2.75, 3.05) is 10.6 Å². The molecule has 7 heteroatoms. The third kappa shape index (κ3) is 4.10. The highest BCUT2D eigenvalue weighted by atomic mass is 32.1. The number of fused-ring (bicyclic) bond motifs is 3. The predicted octanol–water partition coefficient (Wildman–Crippen LogP) is 5.04. The van der Waals surface area contributed by atoms with Crippen LogP contribution in [0, 0.1) is 30.6 Å². The van der Waals surface area contributed by atoms with Crippen molar-refractivity contribution in [3.05, 3.63) is 58.0 Å². The number of carbonyl (C=O) groups is 3. The summed E-state index contributed by atoms with van der Waals surface area (Å²) in [5, 5.41) is 16.3. The molecule has 1 heterocycles. The van der Waals surface area contributed by atoms with Gasteiger partial charge >= 0.3 is 5.97 Å². The molecule has 1 aromatic heterocycles. The summed E-state index contributed by atoms with van der Waals surface area (Å²) in [5.41, 5.74) is 3.34. The zero-order valence-electron chi connectivity index (χ0n) is 18.6. The maximum absolute atomic E-state index is 13.4. The number of benzene rings is 1. The third-order valence-electron chi connectivity index (χ3n) is 7.21. The van der Waals surface area contributed by atoms with Crippen molar-refractivity contribution in [3.63, 3.8) is 0 Å². The van der Waals surface area contributed by atoms with Crippen LogP contribution in [0.25, 0.3) is 0 Å². The molecule has 0 unspecified atom stereocenters. The fourth-order valence-electron chi connectivity index (χ4n) is 5.70. The van der Waals surface area contributed by atoms with Crippen molar-refractivity contribution in [2.45, 2.75) is 45.4 Å². The minimum atomic E-state index is -0.925. The summed E-state index contributed by atoms with van der Waals surface area (Å²) in [6.45, 7) is 1.97. The van der Waals surface area contributed by atoms with Gasteiger partial charge in [-0.05, 0) is 74.1 Å². The molecule has 4 atom stereocenters. The first-order valence-electron chi connectivity index (χ1n) is 11.7. The van der Waals surface area contributed by atoms with Crippen LogP contribution in [0.15, 0.2) is 36.4 Å². The van der Waals surface area contributed by atoms with Crippen LogP contribution >= 0.6 is 11.3 Å². The standard InChI is InChI=1S/C26H28N2O4S/c1-14-6-5-7-17(12-14)27-24(30)22-18-8-3-2-4-9-19(18)33-25(22)28-23(29)20-15-10-11-16(13-15)21(20)26(31)32/h5-7,10-12,15-16,20-21H,2-4,8-9,13H2,1H3,(H,27,30)(H,28,29)(H,31,32)/t15-,16-,20-,21-/m0/s1. The summed E-state index contributed by atoms with van der Waals surface area (Å²) in [4.78, 5) is 39.8. The predicted molar refractivity (Wildman–Crippen MR) is 129 cm³/mol. The molecule has 0 radical (unpaired) electrons. The summed E-state index contributed by atoms with van der Waals surface area (Å²) in [5.74, 6) is -2.90. The Morgan fingerprint density at radius 2 is 1.76 bits per heavy atom. The Balaban J connectivity index is 1.46. The van der Waals surface area contributed by atoms with Crippen molar-refractivity contribution in [3.8, 4) is 0 Å². The number of rotatable bonds is 5. The number of allylic oxidation sites excluding steroid dienone is 2. The first kappa shape index (κ1) is 21.9. The molecule has 33 heavy (non-hydrogen) atoms. The fourth-order valence-corrected chi connectivity index (χ4v) is 6.99. The minimum absolute atomic E-state index is 0.0570. The molecule has 2 aromatic rings. The smallest absolute Gasteiger partial charge is 0.307 e. The van der Waals surface area contributed by atoms with E-state index in [1.165, 1.54) is 11.3 Å². The van der Waals surface area contributed by atoms with Crippen LogP contribution in [0.4, 0.5) is 10.7 Å². The van der Waals surface area contributed by atoms with Crippen molar-refractivity contribution < 1.29 is 19.5 Å². The molecule has 172 valence electrons. The molecule has 3 aliphatic carbocycles. The van der Waals surface area contributed by atoms with Gasteiger partial charge in [0, 0.05) is 10.6 Å². The van der Waals surface area contributed by atoms with E-state index >= 15 is 0 Å². The molecule has 3 N–H and O–H groups in total. The SMILES string of the molecule is Cc1cccc(NC(=O)c2c(NC(=O)[C@@H]3[C@@H](C(=O)O)[C@H]4C=C[C@H]3C4)sc3c2CCCCC3)c1. The van der Waals surface area contributed by atoms with E-state index in [9.17, 15) is 19.5 Å². The number of hydrogen-bond donors (Lipinski definition) is 3. The summed E-state index contributed by atoms with van der Waals surface area (Å²) in [6, 6.07) is 7.64. The maximum atomic E-state index is 13.4. The van der Waals surface area contributed by atoms with Gasteiger partial charge < -0.3 is 15.7 Å². The molecule has 2 amide bonds. The number of carbonyl (C=O) groups excluding carboxylic acids is 2. The van der Waals surface area contributed by atoms with E-state index < -0.39 is 17.8 Å². The average Bonchev–Trinajstić information content (AvgIpc) is 3.42. The zero-order valence-corrected chi connectivity index (χ0v) is 19.4. The van der Waals surface area contributed by atoms with Crippen LogP contribution in [-0.2, 0) is 22.4 Å². The van der Waals surface area contributed by atoms with Crippen molar-refractivity contribution in [2.24, 2.45) is 23.7 Å². The summed E-state index contributed by atoms with van der Waals surface area (Å²) < 4.78 is 0. The van der Waals surface area contributed by atoms with Crippen LogP contribution in [0.3, 0.4) is 0 Å². The van der Waals surface area contributed by atoms with E-state index in [1.807, 2.05) is 43.3 Å². The molecule has 1 saturated carbocycles. The number of anilines is 2. The normalized spacial score (nSPS) is 25.4. The van der Waals surface area contributed by atoms with Gasteiger partial charge in [0.25, 0.3) is 5.91 Å². The number of nitrogens with one attached hydrogen (secondary N) is 2. The van der Waals surface area contributed by atoms with Crippen LogP contribution in [0.1, 0.15) is 52.0 Å². The van der Waals surface area contributed by atoms with E-state index in [2.05, 4.69) is 10.6 Å². The second kappa shape index (κ2) is 8.78. The lowest BCUT2D eigenvalue weighted by molar-refractivity contribution is -0.146. The van der Waals surface area contributed by atoms with E-state index in [4.69, 9.17) is 0 Å².